The fourth-order valence-electron chi connectivity index (χ4n) is 1.46. The fourth-order valence-corrected chi connectivity index (χ4v) is 2.17. The first kappa shape index (κ1) is 19.5. The van der Waals surface area contributed by atoms with Gasteiger partial charge in [0.25, 0.3) is 0 Å². The molecule has 1 aromatic rings. The smallest absolute Gasteiger partial charge is 0.422 e. The molecule has 0 heterocycles. The van der Waals surface area contributed by atoms with E-state index in [1.54, 1.807) is 0 Å². The highest BCUT2D eigenvalue weighted by molar-refractivity contribution is 6.45. The van der Waals surface area contributed by atoms with Crippen molar-refractivity contribution < 1.29 is 29.0 Å². The molecular weight excluding hydrogens is 371 g/mol. The third-order valence-electron chi connectivity index (χ3n) is 2.63. The third kappa shape index (κ3) is 5.27. The molecule has 0 radical (unpaired) electrons. The van der Waals surface area contributed by atoms with Gasteiger partial charge >= 0.3 is 17.9 Å². The zero-order valence-electron chi connectivity index (χ0n) is 12.2. The molecule has 6 nitrogen and oxygen atoms in total. The van der Waals surface area contributed by atoms with E-state index < -0.39 is 23.7 Å². The number of esters is 2. The predicted molar refractivity (Wildman–Crippen MR) is 84.5 cm³/mol. The lowest BCUT2D eigenvalue weighted by Crippen LogP contribution is -2.21. The van der Waals surface area contributed by atoms with Crippen LogP contribution in [0.2, 0.25) is 15.1 Å². The van der Waals surface area contributed by atoms with Gasteiger partial charge in [-0.1, -0.05) is 48.7 Å². The molecule has 126 valence electrons. The number of carbonyl (C=O) groups excluding carboxylic acids is 2. The van der Waals surface area contributed by atoms with Gasteiger partial charge in [0.15, 0.2) is 5.75 Å². The number of benzene rings is 1. The summed E-state index contributed by atoms with van der Waals surface area (Å²) < 4.78 is 9.64. The second-order valence-electron chi connectivity index (χ2n) is 4.87. The average molecular weight is 384 g/mol. The first-order valence-corrected chi connectivity index (χ1v) is 7.58. The lowest BCUT2D eigenvalue weighted by Gasteiger charge is -2.13. The minimum atomic E-state index is -1.86. The number of hydrogen-bond donors (Lipinski definition) is 1. The van der Waals surface area contributed by atoms with Crippen LogP contribution in [0.1, 0.15) is 30.6 Å². The van der Waals surface area contributed by atoms with Crippen LogP contribution in [0.3, 0.4) is 0 Å². The molecule has 9 heteroatoms. The average Bonchev–Trinajstić information content (AvgIpc) is 2.43. The number of ether oxygens (including phenoxy) is 2. The van der Waals surface area contributed by atoms with E-state index in [9.17, 15) is 14.4 Å². The molecule has 0 aliphatic heterocycles. The van der Waals surface area contributed by atoms with Crippen LogP contribution in [0, 0.1) is 5.92 Å². The molecular formula is C14H13Cl3O6. The summed E-state index contributed by atoms with van der Waals surface area (Å²) in [5.74, 6) is -4.65. The van der Waals surface area contributed by atoms with Gasteiger partial charge in [-0.05, 0) is 18.4 Å². The molecule has 0 fully saturated rings. The lowest BCUT2D eigenvalue weighted by atomic mass is 10.1. The molecule has 1 aromatic carbocycles. The lowest BCUT2D eigenvalue weighted by molar-refractivity contribution is -0.158. The van der Waals surface area contributed by atoms with Gasteiger partial charge in [0, 0.05) is 0 Å². The van der Waals surface area contributed by atoms with Crippen LogP contribution in [0.4, 0.5) is 0 Å². The third-order valence-corrected chi connectivity index (χ3v) is 3.70. The normalized spacial score (nSPS) is 10.5. The number of halogens is 3. The monoisotopic (exact) mass is 382 g/mol. The van der Waals surface area contributed by atoms with Crippen molar-refractivity contribution >= 4 is 52.7 Å². The zero-order valence-corrected chi connectivity index (χ0v) is 14.5. The topological polar surface area (TPSA) is 89.9 Å². The Kier molecular flexibility index (Phi) is 7.12. The summed E-state index contributed by atoms with van der Waals surface area (Å²) in [6, 6.07) is 1.17. The Labute approximate surface area is 147 Å². The van der Waals surface area contributed by atoms with Crippen LogP contribution in [0.15, 0.2) is 6.07 Å². The molecule has 23 heavy (non-hydrogen) atoms. The van der Waals surface area contributed by atoms with E-state index in [0.29, 0.717) is 12.3 Å². The van der Waals surface area contributed by atoms with Crippen molar-refractivity contribution in [3.8, 4) is 5.75 Å². The number of aliphatic carboxylic acids is 1. The summed E-state index contributed by atoms with van der Waals surface area (Å²) in [6.07, 6.45) is 0.606. The molecule has 1 N–H and O–H groups in total. The molecule has 0 aromatic heterocycles. The Morgan fingerprint density at radius 2 is 1.78 bits per heavy atom. The van der Waals surface area contributed by atoms with Crippen LogP contribution < -0.4 is 4.74 Å². The van der Waals surface area contributed by atoms with E-state index >= 15 is 0 Å². The van der Waals surface area contributed by atoms with E-state index in [1.807, 2.05) is 13.8 Å². The highest BCUT2D eigenvalue weighted by Gasteiger charge is 2.27. The van der Waals surface area contributed by atoms with E-state index in [1.165, 1.54) is 6.07 Å². The van der Waals surface area contributed by atoms with Gasteiger partial charge in [0.05, 0.1) is 16.7 Å². The highest BCUT2D eigenvalue weighted by atomic mass is 35.5. The Morgan fingerprint density at radius 3 is 2.30 bits per heavy atom. The van der Waals surface area contributed by atoms with Crippen molar-refractivity contribution in [2.75, 3.05) is 6.61 Å². The Bertz CT molecular complexity index is 642. The highest BCUT2D eigenvalue weighted by Crippen LogP contribution is 2.40. The van der Waals surface area contributed by atoms with Crippen molar-refractivity contribution in [2.24, 2.45) is 5.92 Å². The minimum absolute atomic E-state index is 0.108. The van der Waals surface area contributed by atoms with Crippen molar-refractivity contribution in [2.45, 2.75) is 20.3 Å². The van der Waals surface area contributed by atoms with E-state index in [4.69, 9.17) is 44.6 Å². The van der Waals surface area contributed by atoms with Gasteiger partial charge in [-0.3, -0.25) is 0 Å². The van der Waals surface area contributed by atoms with Crippen LogP contribution in [0.5, 0.6) is 5.75 Å². The van der Waals surface area contributed by atoms with Gasteiger partial charge in [-0.25, -0.2) is 14.4 Å². The SMILES string of the molecule is CC(C)CCOC(=O)c1c(Cl)cc(Cl)c(Cl)c1OC(=O)C(=O)O. The number of rotatable bonds is 5. The quantitative estimate of drug-likeness (QED) is 0.359. The largest absolute Gasteiger partial charge is 0.473 e. The number of carbonyl (C=O) groups is 3. The number of carboxylic acids is 1. The predicted octanol–water partition coefficient (Wildman–Crippen LogP) is 3.84. The van der Waals surface area contributed by atoms with Crippen LogP contribution in [0.25, 0.3) is 0 Å². The molecule has 0 atom stereocenters. The molecule has 0 saturated heterocycles. The van der Waals surface area contributed by atoms with Gasteiger partial charge in [0.2, 0.25) is 0 Å². The second kappa shape index (κ2) is 8.38. The second-order valence-corrected chi connectivity index (χ2v) is 6.06. The number of carboxylic acid groups (broad SMARTS) is 1. The Hall–Kier alpha value is -1.50. The molecule has 0 spiro atoms. The Morgan fingerprint density at radius 1 is 1.17 bits per heavy atom. The standard InChI is InChI=1S/C14H13Cl3O6/c1-6(2)3-4-22-13(20)9-7(15)5-8(16)10(17)11(9)23-14(21)12(18)19/h5-6H,3-4H2,1-2H3,(H,18,19). The zero-order chi connectivity index (χ0) is 17.7. The van der Waals surface area contributed by atoms with Crippen molar-refractivity contribution in [3.05, 3.63) is 26.7 Å². The summed E-state index contributed by atoms with van der Waals surface area (Å²) in [5.41, 5.74) is -0.362. The van der Waals surface area contributed by atoms with Crippen molar-refractivity contribution in [3.63, 3.8) is 0 Å². The maximum atomic E-state index is 12.1. The first-order valence-electron chi connectivity index (χ1n) is 6.44. The molecule has 0 bridgehead atoms. The maximum Gasteiger partial charge on any atom is 0.422 e. The summed E-state index contributed by atoms with van der Waals surface area (Å²) >= 11 is 17.6. The summed E-state index contributed by atoms with van der Waals surface area (Å²) in [4.78, 5) is 34.0. The molecule has 0 saturated carbocycles. The molecule has 1 rings (SSSR count). The van der Waals surface area contributed by atoms with Crippen LogP contribution >= 0.6 is 34.8 Å². The summed E-state index contributed by atoms with van der Waals surface area (Å²) in [5, 5.41) is 8.00. The van der Waals surface area contributed by atoms with Crippen molar-refractivity contribution in [1.29, 1.82) is 0 Å². The molecule has 0 aliphatic carbocycles. The molecule has 0 aliphatic rings. The molecule has 0 unspecified atom stereocenters. The summed E-state index contributed by atoms with van der Waals surface area (Å²) in [6.45, 7) is 4.00. The van der Waals surface area contributed by atoms with Gasteiger partial charge in [-0.15, -0.1) is 0 Å². The van der Waals surface area contributed by atoms with Gasteiger partial charge in [-0.2, -0.15) is 0 Å². The Balaban J connectivity index is 3.18. The minimum Gasteiger partial charge on any atom is -0.473 e. The fraction of sp³-hybridized carbons (Fsp3) is 0.357. The van der Waals surface area contributed by atoms with Gasteiger partial charge < -0.3 is 14.6 Å². The van der Waals surface area contributed by atoms with Crippen molar-refractivity contribution in [1.82, 2.24) is 0 Å². The van der Waals surface area contributed by atoms with Gasteiger partial charge in [0.1, 0.15) is 10.6 Å². The molecule has 0 amide bonds. The van der Waals surface area contributed by atoms with E-state index in [2.05, 4.69) is 4.74 Å². The maximum absolute atomic E-state index is 12.1. The van der Waals surface area contributed by atoms with Crippen LogP contribution in [-0.4, -0.2) is 29.6 Å². The van der Waals surface area contributed by atoms with E-state index in [0.717, 1.165) is 0 Å². The first-order chi connectivity index (χ1) is 10.6. The van der Waals surface area contributed by atoms with E-state index in [-0.39, 0.29) is 27.2 Å². The summed E-state index contributed by atoms with van der Waals surface area (Å²) in [7, 11) is 0. The number of hydrogen-bond acceptors (Lipinski definition) is 5. The van der Waals surface area contributed by atoms with Crippen LogP contribution in [-0.2, 0) is 14.3 Å².